The van der Waals surface area contributed by atoms with Gasteiger partial charge in [0, 0.05) is 16.1 Å². The zero-order valence-corrected chi connectivity index (χ0v) is 15.7. The van der Waals surface area contributed by atoms with E-state index < -0.39 is 35.7 Å². The lowest BCUT2D eigenvalue weighted by Crippen LogP contribution is -2.66. The minimum atomic E-state index is -5.27. The average molecular weight is 429 g/mol. The zero-order chi connectivity index (χ0) is 21.4. The highest BCUT2D eigenvalue weighted by Gasteiger charge is 2.59. The highest BCUT2D eigenvalue weighted by molar-refractivity contribution is 6.30. The van der Waals surface area contributed by atoms with E-state index >= 15 is 0 Å². The quantitative estimate of drug-likeness (QED) is 0.697. The first-order valence-corrected chi connectivity index (χ1v) is 8.76. The van der Waals surface area contributed by atoms with E-state index in [2.05, 4.69) is 10.6 Å². The molecule has 0 spiro atoms. The summed E-state index contributed by atoms with van der Waals surface area (Å²) >= 11 is 5.82. The Balaban J connectivity index is 2.22. The second-order valence-electron chi connectivity index (χ2n) is 6.43. The number of ketones is 1. The number of Topliss-reactive ketones (excluding diaryl/α,β-unsaturated/α-hetero) is 1. The second-order valence-corrected chi connectivity index (χ2v) is 6.87. The SMILES string of the molecule is COc1ccccc1[C@@H]1NC(=O)N[C@](O)(c2ccc(Cl)cc2)[C@H]1C(=O)C(F)(F)F. The molecule has 0 bridgehead atoms. The number of benzene rings is 2. The summed E-state index contributed by atoms with van der Waals surface area (Å²) in [6.07, 6.45) is -5.27. The fourth-order valence-electron chi connectivity index (χ4n) is 3.41. The summed E-state index contributed by atoms with van der Waals surface area (Å²) in [6, 6.07) is 8.65. The Morgan fingerprint density at radius 3 is 2.38 bits per heavy atom. The van der Waals surface area contributed by atoms with E-state index in [1.165, 1.54) is 49.6 Å². The molecule has 6 nitrogen and oxygen atoms in total. The second kappa shape index (κ2) is 7.57. The summed E-state index contributed by atoms with van der Waals surface area (Å²) in [5.41, 5.74) is -2.66. The van der Waals surface area contributed by atoms with Crippen molar-refractivity contribution >= 4 is 23.4 Å². The smallest absolute Gasteiger partial charge is 0.450 e. The first-order chi connectivity index (χ1) is 13.6. The molecule has 1 aliphatic rings. The van der Waals surface area contributed by atoms with Crippen LogP contribution in [0.1, 0.15) is 17.2 Å². The summed E-state index contributed by atoms with van der Waals surface area (Å²) in [4.78, 5) is 24.7. The maximum Gasteiger partial charge on any atom is 0.450 e. The third-order valence-corrected chi connectivity index (χ3v) is 4.95. The number of aliphatic hydroxyl groups is 1. The van der Waals surface area contributed by atoms with Crippen LogP contribution in [0.3, 0.4) is 0 Å². The third kappa shape index (κ3) is 3.88. The van der Waals surface area contributed by atoms with E-state index in [9.17, 15) is 27.9 Å². The van der Waals surface area contributed by atoms with Crippen molar-refractivity contribution in [1.29, 1.82) is 0 Å². The first kappa shape index (κ1) is 20.9. The minimum Gasteiger partial charge on any atom is -0.496 e. The Bertz CT molecular complexity index is 936. The third-order valence-electron chi connectivity index (χ3n) is 4.69. The Labute approximate surface area is 168 Å². The van der Waals surface area contributed by atoms with Gasteiger partial charge in [-0.15, -0.1) is 0 Å². The molecule has 10 heteroatoms. The number of carbonyl (C=O) groups excluding carboxylic acids is 2. The number of ether oxygens (including phenoxy) is 1. The molecule has 2 aromatic rings. The van der Waals surface area contributed by atoms with Gasteiger partial charge in [0.05, 0.1) is 13.2 Å². The van der Waals surface area contributed by atoms with Gasteiger partial charge in [-0.05, 0) is 18.2 Å². The first-order valence-electron chi connectivity index (χ1n) is 8.39. The number of alkyl halides is 3. The van der Waals surface area contributed by atoms with E-state index in [4.69, 9.17) is 16.3 Å². The predicted octanol–water partition coefficient (Wildman–Crippen LogP) is 3.30. The van der Waals surface area contributed by atoms with Gasteiger partial charge in [-0.2, -0.15) is 13.2 Å². The van der Waals surface area contributed by atoms with Crippen molar-refractivity contribution in [3.05, 3.63) is 64.7 Å². The lowest BCUT2D eigenvalue weighted by Gasteiger charge is -2.45. The van der Waals surface area contributed by atoms with Gasteiger partial charge in [-0.25, -0.2) is 4.79 Å². The molecule has 2 amide bonds. The molecule has 2 aromatic carbocycles. The van der Waals surface area contributed by atoms with Crippen LogP contribution in [0.5, 0.6) is 5.75 Å². The van der Waals surface area contributed by atoms with E-state index in [1.807, 2.05) is 0 Å². The molecular formula is C19H16ClF3N2O4. The number of amides is 2. The van der Waals surface area contributed by atoms with Crippen LogP contribution in [0.4, 0.5) is 18.0 Å². The fourth-order valence-corrected chi connectivity index (χ4v) is 3.53. The van der Waals surface area contributed by atoms with Crippen molar-refractivity contribution < 1.29 is 32.6 Å². The Morgan fingerprint density at radius 2 is 1.79 bits per heavy atom. The molecule has 0 aromatic heterocycles. The van der Waals surface area contributed by atoms with Gasteiger partial charge in [0.2, 0.25) is 5.78 Å². The lowest BCUT2D eigenvalue weighted by atomic mass is 9.76. The summed E-state index contributed by atoms with van der Waals surface area (Å²) < 4.78 is 45.6. The maximum atomic E-state index is 13.5. The number of carbonyl (C=O) groups is 2. The topological polar surface area (TPSA) is 87.7 Å². The van der Waals surface area contributed by atoms with Crippen LogP contribution in [0.15, 0.2) is 48.5 Å². The monoisotopic (exact) mass is 428 g/mol. The van der Waals surface area contributed by atoms with E-state index in [0.29, 0.717) is 0 Å². The minimum absolute atomic E-state index is 0.111. The van der Waals surface area contributed by atoms with Crippen molar-refractivity contribution in [3.8, 4) is 5.75 Å². The van der Waals surface area contributed by atoms with Gasteiger partial charge in [0.25, 0.3) is 0 Å². The molecule has 3 N–H and O–H groups in total. The summed E-state index contributed by atoms with van der Waals surface area (Å²) in [5.74, 6) is -4.20. The van der Waals surface area contributed by atoms with Crippen LogP contribution in [-0.2, 0) is 10.5 Å². The summed E-state index contributed by atoms with van der Waals surface area (Å²) in [6.45, 7) is 0. The van der Waals surface area contributed by atoms with Gasteiger partial charge >= 0.3 is 12.2 Å². The Morgan fingerprint density at radius 1 is 1.17 bits per heavy atom. The van der Waals surface area contributed by atoms with Gasteiger partial charge in [-0.3, -0.25) is 4.79 Å². The lowest BCUT2D eigenvalue weighted by molar-refractivity contribution is -0.190. The fraction of sp³-hybridized carbons (Fsp3) is 0.263. The average Bonchev–Trinajstić information content (AvgIpc) is 2.66. The Kier molecular flexibility index (Phi) is 5.46. The van der Waals surface area contributed by atoms with Gasteiger partial charge in [0.15, 0.2) is 5.72 Å². The Hall–Kier alpha value is -2.78. The van der Waals surface area contributed by atoms with Crippen molar-refractivity contribution in [1.82, 2.24) is 10.6 Å². The van der Waals surface area contributed by atoms with Crippen molar-refractivity contribution in [2.45, 2.75) is 17.9 Å². The van der Waals surface area contributed by atoms with Gasteiger partial charge in [0.1, 0.15) is 11.7 Å². The molecule has 154 valence electrons. The largest absolute Gasteiger partial charge is 0.496 e. The van der Waals surface area contributed by atoms with Gasteiger partial charge in [-0.1, -0.05) is 41.9 Å². The van der Waals surface area contributed by atoms with Crippen LogP contribution >= 0.6 is 11.6 Å². The molecular weight excluding hydrogens is 413 g/mol. The van der Waals surface area contributed by atoms with Crippen LogP contribution in [-0.4, -0.2) is 30.2 Å². The summed E-state index contributed by atoms with van der Waals surface area (Å²) in [5, 5.41) is 15.9. The molecule has 0 saturated carbocycles. The molecule has 0 unspecified atom stereocenters. The number of rotatable bonds is 4. The van der Waals surface area contributed by atoms with E-state index in [-0.39, 0.29) is 21.9 Å². The van der Waals surface area contributed by atoms with Crippen LogP contribution in [0.25, 0.3) is 0 Å². The maximum absolute atomic E-state index is 13.5. The molecule has 1 saturated heterocycles. The van der Waals surface area contributed by atoms with Crippen molar-refractivity contribution in [2.24, 2.45) is 5.92 Å². The predicted molar refractivity (Wildman–Crippen MR) is 97.3 cm³/mol. The summed E-state index contributed by atoms with van der Waals surface area (Å²) in [7, 11) is 1.30. The zero-order valence-electron chi connectivity index (χ0n) is 15.0. The molecule has 29 heavy (non-hydrogen) atoms. The highest BCUT2D eigenvalue weighted by atomic mass is 35.5. The van der Waals surface area contributed by atoms with E-state index in [1.54, 1.807) is 6.07 Å². The molecule has 3 atom stereocenters. The van der Waals surface area contributed by atoms with Crippen molar-refractivity contribution in [3.63, 3.8) is 0 Å². The van der Waals surface area contributed by atoms with Crippen molar-refractivity contribution in [2.75, 3.05) is 7.11 Å². The number of halogens is 4. The number of nitrogens with one attached hydrogen (secondary N) is 2. The number of hydrogen-bond donors (Lipinski definition) is 3. The van der Waals surface area contributed by atoms with E-state index in [0.717, 1.165) is 0 Å². The van der Waals surface area contributed by atoms with Gasteiger partial charge < -0.3 is 20.5 Å². The molecule has 1 fully saturated rings. The number of hydrogen-bond acceptors (Lipinski definition) is 4. The molecule has 0 aliphatic carbocycles. The molecule has 3 rings (SSSR count). The molecule has 0 radical (unpaired) electrons. The van der Waals surface area contributed by atoms with Crippen LogP contribution < -0.4 is 15.4 Å². The standard InChI is InChI=1S/C19H16ClF3N2O4/c1-29-13-5-3-2-4-12(13)15-14(16(26)19(21,22)23)18(28,25-17(27)24-15)10-6-8-11(20)9-7-10/h2-9,14-15,28H,1H3,(H2,24,25,27)/t14-,15+,18+/m1/s1. The van der Waals surface area contributed by atoms with Crippen LogP contribution in [0, 0.1) is 5.92 Å². The number of urea groups is 1. The normalized spacial score (nSPS) is 24.4. The highest BCUT2D eigenvalue weighted by Crippen LogP contribution is 2.44. The number of methoxy groups -OCH3 is 1. The van der Waals surface area contributed by atoms with Crippen LogP contribution in [0.2, 0.25) is 5.02 Å². The molecule has 1 aliphatic heterocycles. The number of para-hydroxylation sites is 1. The molecule has 1 heterocycles.